The number of halogens is 2. The van der Waals surface area contributed by atoms with Crippen molar-refractivity contribution in [3.05, 3.63) is 29.6 Å². The lowest BCUT2D eigenvalue weighted by Gasteiger charge is -2.22. The zero-order valence-electron chi connectivity index (χ0n) is 12.0. The normalized spacial score (nSPS) is 13.1. The predicted molar refractivity (Wildman–Crippen MR) is 79.5 cm³/mol. The third-order valence-electron chi connectivity index (χ3n) is 2.96. The molecule has 0 heterocycles. The van der Waals surface area contributed by atoms with Crippen molar-refractivity contribution < 1.29 is 13.9 Å². The number of amides is 1. The van der Waals surface area contributed by atoms with E-state index in [1.54, 1.807) is 13.0 Å². The van der Waals surface area contributed by atoms with Crippen molar-refractivity contribution >= 4 is 18.3 Å². The number of rotatable bonds is 6. The predicted octanol–water partition coefficient (Wildman–Crippen LogP) is 2.39. The van der Waals surface area contributed by atoms with Crippen molar-refractivity contribution in [1.29, 1.82) is 0 Å². The molecular weight excluding hydrogens is 283 g/mol. The van der Waals surface area contributed by atoms with Gasteiger partial charge in [0.15, 0.2) is 11.6 Å². The summed E-state index contributed by atoms with van der Waals surface area (Å²) in [6.07, 6.45) is 1.44. The van der Waals surface area contributed by atoms with Gasteiger partial charge in [-0.3, -0.25) is 4.79 Å². The fourth-order valence-corrected chi connectivity index (χ4v) is 1.84. The number of carbonyl (C=O) groups excluding carboxylic acids is 1. The van der Waals surface area contributed by atoms with E-state index in [-0.39, 0.29) is 30.6 Å². The zero-order chi connectivity index (χ0) is 14.5. The quantitative estimate of drug-likeness (QED) is 0.848. The minimum atomic E-state index is -0.889. The van der Waals surface area contributed by atoms with Gasteiger partial charge < -0.3 is 15.8 Å². The number of hydrogen-bond donors (Lipinski definition) is 2. The summed E-state index contributed by atoms with van der Waals surface area (Å²) >= 11 is 0. The summed E-state index contributed by atoms with van der Waals surface area (Å²) in [5, 5.41) is 2.72. The van der Waals surface area contributed by atoms with Crippen LogP contribution in [0.5, 0.6) is 5.75 Å². The van der Waals surface area contributed by atoms with Gasteiger partial charge in [0.25, 0.3) is 0 Å². The van der Waals surface area contributed by atoms with Crippen LogP contribution in [-0.2, 0) is 11.3 Å². The van der Waals surface area contributed by atoms with E-state index in [9.17, 15) is 9.18 Å². The van der Waals surface area contributed by atoms with Crippen molar-refractivity contribution in [1.82, 2.24) is 5.32 Å². The number of ether oxygens (including phenoxy) is 1. The average molecular weight is 305 g/mol. The molecule has 1 amide bonds. The van der Waals surface area contributed by atoms with Crippen LogP contribution < -0.4 is 15.8 Å². The Labute approximate surface area is 125 Å². The molecule has 6 heteroatoms. The molecule has 1 rings (SSSR count). The maximum absolute atomic E-state index is 13.5. The van der Waals surface area contributed by atoms with Gasteiger partial charge in [-0.25, -0.2) is 4.39 Å². The minimum Gasteiger partial charge on any atom is -0.494 e. The third kappa shape index (κ3) is 4.98. The zero-order valence-corrected chi connectivity index (χ0v) is 12.8. The van der Waals surface area contributed by atoms with E-state index in [4.69, 9.17) is 10.5 Å². The molecule has 1 aromatic rings. The van der Waals surface area contributed by atoms with E-state index in [0.29, 0.717) is 12.0 Å². The first-order valence-electron chi connectivity index (χ1n) is 6.30. The molecular formula is C14H22ClFN2O2. The lowest BCUT2D eigenvalue weighted by Crippen LogP contribution is -2.51. The van der Waals surface area contributed by atoms with Gasteiger partial charge in [0.05, 0.1) is 12.6 Å². The molecule has 3 N–H and O–H groups in total. The molecule has 1 aromatic carbocycles. The molecule has 0 saturated heterocycles. The van der Waals surface area contributed by atoms with Crippen LogP contribution in [0.25, 0.3) is 0 Å². The Bertz CT molecular complexity index is 453. The van der Waals surface area contributed by atoms with E-state index in [2.05, 4.69) is 5.32 Å². The van der Waals surface area contributed by atoms with E-state index in [1.807, 2.05) is 6.92 Å². The Morgan fingerprint density at radius 3 is 2.65 bits per heavy atom. The summed E-state index contributed by atoms with van der Waals surface area (Å²) in [7, 11) is 1.41. The van der Waals surface area contributed by atoms with Crippen LogP contribution in [0.3, 0.4) is 0 Å². The monoisotopic (exact) mass is 304 g/mol. The lowest BCUT2D eigenvalue weighted by atomic mass is 9.96. The molecule has 0 aromatic heterocycles. The highest BCUT2D eigenvalue weighted by atomic mass is 35.5. The first-order chi connectivity index (χ1) is 8.90. The van der Waals surface area contributed by atoms with Gasteiger partial charge in [0.2, 0.25) is 5.91 Å². The highest BCUT2D eigenvalue weighted by Crippen LogP contribution is 2.17. The van der Waals surface area contributed by atoms with Gasteiger partial charge >= 0.3 is 0 Å². The maximum atomic E-state index is 13.5. The smallest absolute Gasteiger partial charge is 0.240 e. The van der Waals surface area contributed by atoms with Crippen LogP contribution in [0.2, 0.25) is 0 Å². The van der Waals surface area contributed by atoms with Gasteiger partial charge in [0, 0.05) is 6.54 Å². The van der Waals surface area contributed by atoms with Crippen LogP contribution in [0, 0.1) is 5.82 Å². The summed E-state index contributed by atoms with van der Waals surface area (Å²) in [4.78, 5) is 11.9. The van der Waals surface area contributed by atoms with Gasteiger partial charge in [-0.15, -0.1) is 12.4 Å². The van der Waals surface area contributed by atoms with Crippen LogP contribution in [0.4, 0.5) is 4.39 Å². The Balaban J connectivity index is 0.00000361. The summed E-state index contributed by atoms with van der Waals surface area (Å²) < 4.78 is 18.3. The van der Waals surface area contributed by atoms with Crippen LogP contribution >= 0.6 is 12.4 Å². The summed E-state index contributed by atoms with van der Waals surface area (Å²) in [6, 6.07) is 4.58. The van der Waals surface area contributed by atoms with E-state index >= 15 is 0 Å². The van der Waals surface area contributed by atoms with Gasteiger partial charge in [-0.1, -0.05) is 19.4 Å². The van der Waals surface area contributed by atoms with Crippen LogP contribution in [-0.4, -0.2) is 18.6 Å². The number of carbonyl (C=O) groups is 1. The molecule has 0 spiro atoms. The Morgan fingerprint density at radius 1 is 1.50 bits per heavy atom. The maximum Gasteiger partial charge on any atom is 0.240 e. The standard InChI is InChI=1S/C14H21FN2O2.ClH/c1-4-7-14(2,16)13(18)17-9-10-5-6-12(19-3)11(15)8-10;/h5-6,8H,4,7,9,16H2,1-3H3,(H,17,18);1H. The Hall–Kier alpha value is -1.33. The first-order valence-corrected chi connectivity index (χ1v) is 6.30. The van der Waals surface area contributed by atoms with E-state index in [1.165, 1.54) is 19.2 Å². The fourth-order valence-electron chi connectivity index (χ4n) is 1.84. The molecule has 0 aliphatic heterocycles. The third-order valence-corrected chi connectivity index (χ3v) is 2.96. The molecule has 0 aliphatic rings. The average Bonchev–Trinajstić information content (AvgIpc) is 2.36. The van der Waals surface area contributed by atoms with E-state index in [0.717, 1.165) is 6.42 Å². The fraction of sp³-hybridized carbons (Fsp3) is 0.500. The number of nitrogens with two attached hydrogens (primary N) is 1. The molecule has 0 saturated carbocycles. The number of benzene rings is 1. The summed E-state index contributed by atoms with van der Waals surface area (Å²) in [5.74, 6) is -0.492. The highest BCUT2D eigenvalue weighted by Gasteiger charge is 2.26. The van der Waals surface area contributed by atoms with E-state index < -0.39 is 11.4 Å². The summed E-state index contributed by atoms with van der Waals surface area (Å²) in [6.45, 7) is 3.91. The summed E-state index contributed by atoms with van der Waals surface area (Å²) in [5.41, 5.74) is 5.68. The molecule has 1 unspecified atom stereocenters. The SMILES string of the molecule is CCCC(C)(N)C(=O)NCc1ccc(OC)c(F)c1.Cl. The molecule has 114 valence electrons. The second-order valence-electron chi connectivity index (χ2n) is 4.82. The van der Waals surface area contributed by atoms with Crippen molar-refractivity contribution in [2.45, 2.75) is 38.8 Å². The van der Waals surface area contributed by atoms with Crippen molar-refractivity contribution in [2.24, 2.45) is 5.73 Å². The molecule has 20 heavy (non-hydrogen) atoms. The largest absolute Gasteiger partial charge is 0.494 e. The number of methoxy groups -OCH3 is 1. The highest BCUT2D eigenvalue weighted by molar-refractivity contribution is 5.85. The van der Waals surface area contributed by atoms with Crippen LogP contribution in [0.1, 0.15) is 32.3 Å². The van der Waals surface area contributed by atoms with Gasteiger partial charge in [0.1, 0.15) is 0 Å². The number of hydrogen-bond acceptors (Lipinski definition) is 3. The minimum absolute atomic E-state index is 0. The Kier molecular flexibility index (Phi) is 7.53. The topological polar surface area (TPSA) is 64.4 Å². The van der Waals surface area contributed by atoms with Crippen molar-refractivity contribution in [3.8, 4) is 5.75 Å². The van der Waals surface area contributed by atoms with Crippen LogP contribution in [0.15, 0.2) is 18.2 Å². The first kappa shape index (κ1) is 18.7. The molecule has 0 bridgehead atoms. The molecule has 0 radical (unpaired) electrons. The Morgan fingerprint density at radius 2 is 2.15 bits per heavy atom. The molecule has 4 nitrogen and oxygen atoms in total. The lowest BCUT2D eigenvalue weighted by molar-refractivity contribution is -0.126. The van der Waals surface area contributed by atoms with Gasteiger partial charge in [-0.05, 0) is 31.0 Å². The van der Waals surface area contributed by atoms with Crippen molar-refractivity contribution in [2.75, 3.05) is 7.11 Å². The van der Waals surface area contributed by atoms with Crippen molar-refractivity contribution in [3.63, 3.8) is 0 Å². The van der Waals surface area contributed by atoms with Gasteiger partial charge in [-0.2, -0.15) is 0 Å². The second-order valence-corrected chi connectivity index (χ2v) is 4.82. The molecule has 0 fully saturated rings. The number of nitrogens with one attached hydrogen (secondary N) is 1. The molecule has 1 atom stereocenters. The second kappa shape index (κ2) is 8.07. The molecule has 0 aliphatic carbocycles.